The van der Waals surface area contributed by atoms with E-state index in [4.69, 9.17) is 9.72 Å². The highest BCUT2D eigenvalue weighted by Gasteiger charge is 2.27. The van der Waals surface area contributed by atoms with Crippen LogP contribution in [0.5, 0.6) is 0 Å². The molecule has 1 aliphatic heterocycles. The van der Waals surface area contributed by atoms with Gasteiger partial charge in [-0.2, -0.15) is 0 Å². The van der Waals surface area contributed by atoms with Crippen molar-refractivity contribution in [2.24, 2.45) is 0 Å². The van der Waals surface area contributed by atoms with Gasteiger partial charge in [0.05, 0.1) is 28.8 Å². The first-order valence-electron chi connectivity index (χ1n) is 11.2. The zero-order valence-corrected chi connectivity index (χ0v) is 19.9. The van der Waals surface area contributed by atoms with Crippen molar-refractivity contribution in [3.8, 4) is 0 Å². The molecule has 1 saturated heterocycles. The molecule has 0 spiro atoms. The summed E-state index contributed by atoms with van der Waals surface area (Å²) in [6, 6.07) is 2.94. The number of hydrogen-bond donors (Lipinski definition) is 0. The lowest BCUT2D eigenvalue weighted by Gasteiger charge is -2.18. The van der Waals surface area contributed by atoms with Gasteiger partial charge in [0, 0.05) is 17.6 Å². The van der Waals surface area contributed by atoms with Gasteiger partial charge in [0.15, 0.2) is 10.9 Å². The van der Waals surface area contributed by atoms with Crippen LogP contribution < -0.4 is 5.56 Å². The van der Waals surface area contributed by atoms with Crippen LogP contribution in [0.2, 0.25) is 0 Å². The lowest BCUT2D eigenvalue weighted by atomic mass is 9.97. The summed E-state index contributed by atoms with van der Waals surface area (Å²) < 4.78 is 34.9. The van der Waals surface area contributed by atoms with Crippen molar-refractivity contribution in [1.82, 2.24) is 9.55 Å². The predicted octanol–water partition coefficient (Wildman–Crippen LogP) is 5.16. The Morgan fingerprint density at radius 1 is 1.30 bits per heavy atom. The van der Waals surface area contributed by atoms with Crippen molar-refractivity contribution < 1.29 is 18.3 Å². The van der Waals surface area contributed by atoms with Gasteiger partial charge in [0.1, 0.15) is 16.5 Å². The van der Waals surface area contributed by atoms with Crippen LogP contribution in [-0.4, -0.2) is 33.3 Å². The van der Waals surface area contributed by atoms with Gasteiger partial charge in [-0.25, -0.2) is 13.8 Å². The Bertz CT molecular complexity index is 1280. The number of thioether (sulfide) groups is 1. The van der Waals surface area contributed by atoms with Gasteiger partial charge in [0.2, 0.25) is 0 Å². The molecular formula is C24H24F2N2O3S2. The van der Waals surface area contributed by atoms with Crippen molar-refractivity contribution >= 4 is 39.1 Å². The van der Waals surface area contributed by atoms with Crippen LogP contribution in [0.1, 0.15) is 53.4 Å². The fraction of sp³-hybridized carbons (Fsp3) is 0.458. The van der Waals surface area contributed by atoms with Gasteiger partial charge in [-0.05, 0) is 63.1 Å². The fourth-order valence-corrected chi connectivity index (χ4v) is 6.87. The normalized spacial score (nSPS) is 19.1. The Kier molecular flexibility index (Phi) is 6.37. The summed E-state index contributed by atoms with van der Waals surface area (Å²) in [5.74, 6) is -2.09. The first-order valence-corrected chi connectivity index (χ1v) is 12.9. The molecule has 5 nitrogen and oxygen atoms in total. The number of thiophene rings is 1. The van der Waals surface area contributed by atoms with E-state index >= 15 is 0 Å². The molecule has 1 fully saturated rings. The third-order valence-corrected chi connectivity index (χ3v) is 8.57. The van der Waals surface area contributed by atoms with E-state index in [0.29, 0.717) is 34.6 Å². The van der Waals surface area contributed by atoms with E-state index in [0.717, 1.165) is 68.0 Å². The van der Waals surface area contributed by atoms with E-state index < -0.39 is 22.7 Å². The second-order valence-corrected chi connectivity index (χ2v) is 11.0. The molecule has 1 aliphatic carbocycles. The van der Waals surface area contributed by atoms with Crippen molar-refractivity contribution in [1.29, 1.82) is 0 Å². The van der Waals surface area contributed by atoms with Crippen molar-refractivity contribution in [3.63, 3.8) is 0 Å². The fourth-order valence-electron chi connectivity index (χ4n) is 4.58. The summed E-state index contributed by atoms with van der Waals surface area (Å²) in [4.78, 5) is 33.3. The highest BCUT2D eigenvalue weighted by atomic mass is 32.2. The molecule has 9 heteroatoms. The third kappa shape index (κ3) is 4.38. The van der Waals surface area contributed by atoms with Crippen LogP contribution in [0.15, 0.2) is 28.2 Å². The minimum atomic E-state index is -0.890. The Morgan fingerprint density at radius 3 is 2.88 bits per heavy atom. The van der Waals surface area contributed by atoms with Gasteiger partial charge in [-0.15, -0.1) is 11.3 Å². The van der Waals surface area contributed by atoms with E-state index in [1.54, 1.807) is 22.8 Å². The average Bonchev–Trinajstić information content (AvgIpc) is 3.43. The number of aryl methyl sites for hydroxylation is 2. The van der Waals surface area contributed by atoms with Gasteiger partial charge < -0.3 is 4.74 Å². The Morgan fingerprint density at radius 2 is 2.12 bits per heavy atom. The van der Waals surface area contributed by atoms with Gasteiger partial charge in [-0.1, -0.05) is 11.8 Å². The zero-order valence-electron chi connectivity index (χ0n) is 18.2. The molecule has 2 unspecified atom stereocenters. The second-order valence-electron chi connectivity index (χ2n) is 8.58. The van der Waals surface area contributed by atoms with E-state index in [9.17, 15) is 18.4 Å². The first-order chi connectivity index (χ1) is 15.9. The number of rotatable bonds is 6. The monoisotopic (exact) mass is 490 g/mol. The molecule has 0 radical (unpaired) electrons. The van der Waals surface area contributed by atoms with Crippen molar-refractivity contribution in [2.45, 2.75) is 68.5 Å². The summed E-state index contributed by atoms with van der Waals surface area (Å²) in [5.41, 5.74) is 0.857. The first kappa shape index (κ1) is 22.7. The Labute approximate surface area is 198 Å². The predicted molar refractivity (Wildman–Crippen MR) is 126 cm³/mol. The lowest BCUT2D eigenvalue weighted by Crippen LogP contribution is -2.30. The summed E-state index contributed by atoms with van der Waals surface area (Å²) in [6.45, 7) is 2.70. The minimum absolute atomic E-state index is 0.0729. The maximum Gasteiger partial charge on any atom is 0.263 e. The second kappa shape index (κ2) is 9.27. The van der Waals surface area contributed by atoms with E-state index in [1.165, 1.54) is 4.88 Å². The van der Waals surface area contributed by atoms with Crippen LogP contribution in [0.25, 0.3) is 10.2 Å². The molecule has 2 atom stereocenters. The highest BCUT2D eigenvalue weighted by Crippen LogP contribution is 2.36. The molecule has 3 aromatic rings. The van der Waals surface area contributed by atoms with Crippen LogP contribution in [0, 0.1) is 11.6 Å². The van der Waals surface area contributed by atoms with E-state index in [2.05, 4.69) is 0 Å². The third-order valence-electron chi connectivity index (χ3n) is 6.30. The van der Waals surface area contributed by atoms with Gasteiger partial charge in [0.25, 0.3) is 5.56 Å². The van der Waals surface area contributed by atoms with Crippen molar-refractivity contribution in [2.75, 3.05) is 6.61 Å². The number of carbonyl (C=O) groups is 1. The number of nitrogens with zero attached hydrogens (tertiary/aromatic N) is 2. The number of ketones is 1. The topological polar surface area (TPSA) is 61.2 Å². The van der Waals surface area contributed by atoms with Gasteiger partial charge in [-0.3, -0.25) is 14.2 Å². The molecule has 2 aromatic heterocycles. The maximum absolute atomic E-state index is 14.2. The van der Waals surface area contributed by atoms with Crippen LogP contribution in [0.4, 0.5) is 8.78 Å². The average molecular weight is 491 g/mol. The number of fused-ring (bicyclic) bond motifs is 3. The number of Topliss-reactive ketones (excluding diaryl/α,β-unsaturated/α-hetero) is 1. The van der Waals surface area contributed by atoms with Crippen molar-refractivity contribution in [3.05, 3.63) is 56.2 Å². The summed E-state index contributed by atoms with van der Waals surface area (Å²) >= 11 is 2.70. The molecule has 1 aromatic carbocycles. The summed E-state index contributed by atoms with van der Waals surface area (Å²) in [6.07, 6.45) is 5.77. The quantitative estimate of drug-likeness (QED) is 0.271. The molecule has 3 heterocycles. The molecule has 0 N–H and O–H groups in total. The zero-order chi connectivity index (χ0) is 23.1. The Hall–Kier alpha value is -2.10. The van der Waals surface area contributed by atoms with E-state index in [1.807, 2.05) is 0 Å². The summed E-state index contributed by atoms with van der Waals surface area (Å²) in [7, 11) is 0. The van der Waals surface area contributed by atoms with Crippen LogP contribution in [-0.2, 0) is 24.1 Å². The smallest absolute Gasteiger partial charge is 0.263 e. The standard InChI is InChI=1S/C24H24F2N2O3S2/c1-13(21(29)16-9-8-14(25)11-18(16)26)32-24-27-22-20(17-6-2-3-7-19(17)33-22)23(30)28(24)12-15-5-4-10-31-15/h8-9,11,13,15H,2-7,10,12H2,1H3. The molecule has 5 rings (SSSR count). The largest absolute Gasteiger partial charge is 0.376 e. The number of carbonyl (C=O) groups excluding carboxylic acids is 1. The molecule has 33 heavy (non-hydrogen) atoms. The SMILES string of the molecule is CC(Sc1nc2sc3c(c2c(=O)n1CC1CCCO1)CCCC3)C(=O)c1ccc(F)cc1F. The molecule has 0 bridgehead atoms. The van der Waals surface area contributed by atoms with Crippen LogP contribution >= 0.6 is 23.1 Å². The number of benzene rings is 1. The highest BCUT2D eigenvalue weighted by molar-refractivity contribution is 8.00. The molecular weight excluding hydrogens is 466 g/mol. The molecule has 0 amide bonds. The summed E-state index contributed by atoms with van der Waals surface area (Å²) in [5, 5.41) is 0.421. The lowest BCUT2D eigenvalue weighted by molar-refractivity contribution is 0.0937. The minimum Gasteiger partial charge on any atom is -0.376 e. The molecule has 0 saturated carbocycles. The number of halogens is 2. The van der Waals surface area contributed by atoms with E-state index in [-0.39, 0.29) is 17.2 Å². The number of ether oxygens (including phenoxy) is 1. The number of aromatic nitrogens is 2. The molecule has 2 aliphatic rings. The number of hydrogen-bond acceptors (Lipinski definition) is 6. The molecule has 174 valence electrons. The van der Waals surface area contributed by atoms with Crippen LogP contribution in [0.3, 0.4) is 0 Å². The van der Waals surface area contributed by atoms with Gasteiger partial charge >= 0.3 is 0 Å². The Balaban J connectivity index is 1.54. The maximum atomic E-state index is 14.2.